The van der Waals surface area contributed by atoms with Crippen molar-refractivity contribution in [1.82, 2.24) is 14.9 Å². The molecule has 1 aromatic rings. The van der Waals surface area contributed by atoms with Crippen molar-refractivity contribution in [2.45, 2.75) is 99.6 Å². The van der Waals surface area contributed by atoms with Crippen molar-refractivity contribution in [3.63, 3.8) is 0 Å². The van der Waals surface area contributed by atoms with Gasteiger partial charge in [-0.3, -0.25) is 0 Å². The predicted molar refractivity (Wildman–Crippen MR) is 133 cm³/mol. The summed E-state index contributed by atoms with van der Waals surface area (Å²) >= 11 is 0. The van der Waals surface area contributed by atoms with Crippen LogP contribution in [-0.2, 0) is 4.74 Å². The van der Waals surface area contributed by atoms with E-state index in [4.69, 9.17) is 9.84 Å². The largest absolute Gasteiger partial charge is 0.444 e. The first-order valence-corrected chi connectivity index (χ1v) is 12.0. The van der Waals surface area contributed by atoms with Gasteiger partial charge in [0.15, 0.2) is 0 Å². The maximum atomic E-state index is 12.4. The second-order valence-corrected chi connectivity index (χ2v) is 9.25. The van der Waals surface area contributed by atoms with Gasteiger partial charge in [-0.2, -0.15) is 0 Å². The molecular weight excluding hydrogens is 404 g/mol. The van der Waals surface area contributed by atoms with E-state index in [0.717, 1.165) is 56.5 Å². The lowest BCUT2D eigenvalue weighted by Crippen LogP contribution is -2.40. The standard InChI is InChI=1S/C21H36N4O2.C3H8.CH4O/c1-8-24(20(26)27-21(5,6)7)13-17-10-11-18(12-17)25(9-2)19-15(3)16(4)22-14-23-19;1-3-2;1-2/h14,17-18H,8-13H2,1-7H3;3H2,1-2H3;2H,1H3. The molecule has 1 aromatic heterocycles. The van der Waals surface area contributed by atoms with E-state index in [1.54, 1.807) is 6.33 Å². The van der Waals surface area contributed by atoms with Crippen LogP contribution in [-0.4, -0.2) is 64.5 Å². The van der Waals surface area contributed by atoms with Crippen LogP contribution in [0.3, 0.4) is 0 Å². The molecule has 2 atom stereocenters. The molecule has 2 rings (SSSR count). The van der Waals surface area contributed by atoms with Crippen LogP contribution in [0, 0.1) is 19.8 Å². The summed E-state index contributed by atoms with van der Waals surface area (Å²) in [7, 11) is 1.00. The van der Waals surface area contributed by atoms with Crippen LogP contribution in [0.5, 0.6) is 0 Å². The van der Waals surface area contributed by atoms with Crippen molar-refractivity contribution >= 4 is 11.9 Å². The quantitative estimate of drug-likeness (QED) is 0.625. The average molecular weight is 453 g/mol. The molecule has 186 valence electrons. The molecule has 1 heterocycles. The monoisotopic (exact) mass is 452 g/mol. The minimum Gasteiger partial charge on any atom is -0.444 e. The van der Waals surface area contributed by atoms with E-state index >= 15 is 0 Å². The summed E-state index contributed by atoms with van der Waals surface area (Å²) in [6.07, 6.45) is 6.04. The summed E-state index contributed by atoms with van der Waals surface area (Å²) in [5.74, 6) is 1.55. The minimum atomic E-state index is -0.454. The Labute approximate surface area is 196 Å². The number of anilines is 1. The maximum Gasteiger partial charge on any atom is 0.410 e. The molecule has 0 aromatic carbocycles. The molecule has 1 N–H and O–H groups in total. The summed E-state index contributed by atoms with van der Waals surface area (Å²) in [6.45, 7) is 20.7. The Morgan fingerprint density at radius 1 is 1.09 bits per heavy atom. The molecular formula is C25H48N4O3. The highest BCUT2D eigenvalue weighted by Gasteiger charge is 2.32. The molecule has 2 unspecified atom stereocenters. The number of rotatable bonds is 6. The molecule has 0 saturated heterocycles. The number of carbonyl (C=O) groups excluding carboxylic acids is 1. The van der Waals surface area contributed by atoms with E-state index in [-0.39, 0.29) is 6.09 Å². The molecule has 32 heavy (non-hydrogen) atoms. The van der Waals surface area contributed by atoms with Crippen LogP contribution in [0.1, 0.15) is 85.4 Å². The maximum absolute atomic E-state index is 12.4. The molecule has 1 aliphatic carbocycles. The molecule has 1 fully saturated rings. The van der Waals surface area contributed by atoms with Crippen molar-refractivity contribution in [3.8, 4) is 0 Å². The van der Waals surface area contributed by atoms with Gasteiger partial charge < -0.3 is 19.6 Å². The normalized spacial score (nSPS) is 17.5. The smallest absolute Gasteiger partial charge is 0.410 e. The Kier molecular flexibility index (Phi) is 14.1. The van der Waals surface area contributed by atoms with Crippen LogP contribution in [0.2, 0.25) is 0 Å². The number of amides is 1. The van der Waals surface area contributed by atoms with Crippen molar-refractivity contribution < 1.29 is 14.6 Å². The van der Waals surface area contributed by atoms with E-state index in [0.29, 0.717) is 18.5 Å². The van der Waals surface area contributed by atoms with Gasteiger partial charge in [0.1, 0.15) is 17.7 Å². The van der Waals surface area contributed by atoms with Gasteiger partial charge in [0, 0.05) is 44.0 Å². The Hall–Kier alpha value is -1.89. The predicted octanol–water partition coefficient (Wildman–Crippen LogP) is 5.37. The third-order valence-electron chi connectivity index (χ3n) is 5.39. The molecule has 7 heteroatoms. The molecule has 1 aliphatic rings. The number of aliphatic hydroxyl groups is 1. The summed E-state index contributed by atoms with van der Waals surface area (Å²) in [5.41, 5.74) is 1.74. The highest BCUT2D eigenvalue weighted by molar-refractivity contribution is 5.68. The number of hydrogen-bond acceptors (Lipinski definition) is 6. The van der Waals surface area contributed by atoms with Crippen molar-refractivity contribution in [1.29, 1.82) is 0 Å². The zero-order valence-corrected chi connectivity index (χ0v) is 22.2. The summed E-state index contributed by atoms with van der Waals surface area (Å²) in [5, 5.41) is 7.00. The summed E-state index contributed by atoms with van der Waals surface area (Å²) < 4.78 is 5.55. The molecule has 0 radical (unpaired) electrons. The molecule has 1 saturated carbocycles. The zero-order valence-electron chi connectivity index (χ0n) is 22.2. The first-order valence-electron chi connectivity index (χ1n) is 12.0. The number of ether oxygens (including phenoxy) is 1. The van der Waals surface area contributed by atoms with Gasteiger partial charge in [0.05, 0.1) is 0 Å². The third-order valence-corrected chi connectivity index (χ3v) is 5.39. The highest BCUT2D eigenvalue weighted by Crippen LogP contribution is 2.33. The van der Waals surface area contributed by atoms with E-state index in [1.165, 1.54) is 6.42 Å². The van der Waals surface area contributed by atoms with E-state index in [1.807, 2.05) is 39.5 Å². The molecule has 0 spiro atoms. The molecule has 0 aliphatic heterocycles. The summed E-state index contributed by atoms with van der Waals surface area (Å²) in [4.78, 5) is 25.5. The summed E-state index contributed by atoms with van der Waals surface area (Å²) in [6, 6.07) is 0.463. The van der Waals surface area contributed by atoms with E-state index in [2.05, 4.69) is 42.6 Å². The SMILES string of the molecule is CCC.CCN(CC1CCC(N(CC)c2ncnc(C)c2C)C1)C(=O)OC(C)(C)C.CO. The number of aryl methyl sites for hydroxylation is 1. The molecule has 1 amide bonds. The highest BCUT2D eigenvalue weighted by atomic mass is 16.6. The van der Waals surface area contributed by atoms with E-state index < -0.39 is 5.60 Å². The fourth-order valence-electron chi connectivity index (χ4n) is 3.86. The van der Waals surface area contributed by atoms with Crippen LogP contribution in [0.25, 0.3) is 0 Å². The number of carbonyl (C=O) groups is 1. The van der Waals surface area contributed by atoms with Crippen molar-refractivity contribution in [2.75, 3.05) is 31.6 Å². The molecule has 0 bridgehead atoms. The first kappa shape index (κ1) is 30.1. The lowest BCUT2D eigenvalue weighted by Gasteiger charge is -2.31. The van der Waals surface area contributed by atoms with Gasteiger partial charge in [0.2, 0.25) is 0 Å². The third kappa shape index (κ3) is 9.72. The number of aromatic nitrogens is 2. The lowest BCUT2D eigenvalue weighted by atomic mass is 10.1. The van der Waals surface area contributed by atoms with Gasteiger partial charge in [-0.1, -0.05) is 20.3 Å². The number of hydrogen-bond donors (Lipinski definition) is 1. The second kappa shape index (κ2) is 15.0. The van der Waals surface area contributed by atoms with Crippen LogP contribution in [0.4, 0.5) is 10.6 Å². The van der Waals surface area contributed by atoms with Crippen molar-refractivity contribution in [3.05, 3.63) is 17.6 Å². The van der Waals surface area contributed by atoms with Gasteiger partial charge in [0.25, 0.3) is 0 Å². The number of nitrogens with zero attached hydrogens (tertiary/aromatic N) is 4. The van der Waals surface area contributed by atoms with Gasteiger partial charge in [-0.15, -0.1) is 0 Å². The fraction of sp³-hybridized carbons (Fsp3) is 0.800. The second-order valence-electron chi connectivity index (χ2n) is 9.25. The van der Waals surface area contributed by atoms with Gasteiger partial charge in [-0.25, -0.2) is 14.8 Å². The minimum absolute atomic E-state index is 0.205. The van der Waals surface area contributed by atoms with Crippen LogP contribution in [0.15, 0.2) is 6.33 Å². The zero-order chi connectivity index (χ0) is 24.9. The number of aliphatic hydroxyl groups excluding tert-OH is 1. The van der Waals surface area contributed by atoms with Gasteiger partial charge >= 0.3 is 6.09 Å². The molecule has 7 nitrogen and oxygen atoms in total. The van der Waals surface area contributed by atoms with Crippen LogP contribution >= 0.6 is 0 Å². The Balaban J connectivity index is 0.00000177. The van der Waals surface area contributed by atoms with Crippen LogP contribution < -0.4 is 4.90 Å². The fourth-order valence-corrected chi connectivity index (χ4v) is 3.86. The Morgan fingerprint density at radius 2 is 1.69 bits per heavy atom. The Bertz CT molecular complexity index is 661. The van der Waals surface area contributed by atoms with E-state index in [9.17, 15) is 4.79 Å². The van der Waals surface area contributed by atoms with Crippen molar-refractivity contribution in [2.24, 2.45) is 5.92 Å². The topological polar surface area (TPSA) is 78.8 Å². The average Bonchev–Trinajstić information content (AvgIpc) is 3.19. The first-order chi connectivity index (χ1) is 15.1. The van der Waals surface area contributed by atoms with Gasteiger partial charge in [-0.05, 0) is 73.6 Å². The lowest BCUT2D eigenvalue weighted by molar-refractivity contribution is 0.0232. The Morgan fingerprint density at radius 3 is 2.19 bits per heavy atom.